The minimum Gasteiger partial charge on any atom is -0.246 e. The predicted molar refractivity (Wildman–Crippen MR) is 74.4 cm³/mol. The first kappa shape index (κ1) is 13.3. The molecule has 0 aliphatic carbocycles. The highest BCUT2D eigenvalue weighted by Crippen LogP contribution is 2.16. The number of hydrogen-bond acceptors (Lipinski definition) is 2. The molecule has 0 saturated carbocycles. The van der Waals surface area contributed by atoms with E-state index in [1.807, 2.05) is 40.4 Å². The van der Waals surface area contributed by atoms with Crippen LogP contribution in [0.4, 0.5) is 5.13 Å². The van der Waals surface area contributed by atoms with Crippen LogP contribution in [0.1, 0.15) is 5.56 Å². The molecule has 1 amide bonds. The number of carbonyl (C=O) groups excluding carboxylic acids is 1. The number of hydrogen-bond donors (Lipinski definition) is 1. The van der Waals surface area contributed by atoms with Gasteiger partial charge in [0.25, 0.3) is 0 Å². The van der Waals surface area contributed by atoms with Gasteiger partial charge in [0, 0.05) is 16.0 Å². The lowest BCUT2D eigenvalue weighted by molar-refractivity contribution is -0.669. The number of rotatable bonds is 4. The number of carbonyl (C=O) groups is 1. The van der Waals surface area contributed by atoms with E-state index in [1.54, 1.807) is 0 Å². The number of amides is 1. The Hall–Kier alpha value is -1.10. The van der Waals surface area contributed by atoms with E-state index in [0.717, 1.165) is 10.7 Å². The van der Waals surface area contributed by atoms with Crippen molar-refractivity contribution >= 4 is 45.6 Å². The van der Waals surface area contributed by atoms with Crippen LogP contribution in [0.2, 0.25) is 5.02 Å². The van der Waals surface area contributed by atoms with E-state index in [4.69, 9.17) is 23.2 Å². The van der Waals surface area contributed by atoms with E-state index in [2.05, 4.69) is 5.32 Å². The predicted octanol–water partition coefficient (Wildman–Crippen LogP) is 2.91. The molecule has 0 aliphatic rings. The maximum absolute atomic E-state index is 11.3. The molecule has 0 saturated heterocycles. The third-order valence-electron chi connectivity index (χ3n) is 2.35. The zero-order valence-electron chi connectivity index (χ0n) is 9.40. The van der Waals surface area contributed by atoms with Crippen LogP contribution in [0, 0.1) is 0 Å². The van der Waals surface area contributed by atoms with E-state index in [0.29, 0.717) is 11.6 Å². The average Bonchev–Trinajstić information content (AvgIpc) is 2.79. The molecule has 0 radical (unpaired) electrons. The van der Waals surface area contributed by atoms with Gasteiger partial charge in [-0.05, 0) is 6.07 Å². The molecule has 0 spiro atoms. The van der Waals surface area contributed by atoms with E-state index in [1.165, 1.54) is 11.3 Å². The van der Waals surface area contributed by atoms with Crippen molar-refractivity contribution in [3.8, 4) is 0 Å². The lowest BCUT2D eigenvalue weighted by Gasteiger charge is -2.03. The lowest BCUT2D eigenvalue weighted by atomic mass is 10.2. The standard InChI is InChI=1S/C12H10Cl2N2OS/c13-7-11(17)15-12-16(5-6-18-12)8-9-3-1-2-4-10(9)14/h1-6H,7-8H2/p+1. The number of nitrogens with one attached hydrogen (secondary N) is 1. The van der Waals surface area contributed by atoms with E-state index >= 15 is 0 Å². The van der Waals surface area contributed by atoms with Gasteiger partial charge in [-0.1, -0.05) is 41.1 Å². The molecule has 0 bridgehead atoms. The summed E-state index contributed by atoms with van der Waals surface area (Å²) in [7, 11) is 0. The Kier molecular flexibility index (Phi) is 4.58. The SMILES string of the molecule is O=C(CCl)Nc1scc[n+]1Cc1ccccc1Cl. The maximum Gasteiger partial charge on any atom is 0.341 e. The van der Waals surface area contributed by atoms with Gasteiger partial charge in [0.1, 0.15) is 18.6 Å². The highest BCUT2D eigenvalue weighted by atomic mass is 35.5. The van der Waals surface area contributed by atoms with Gasteiger partial charge >= 0.3 is 11.0 Å². The fourth-order valence-corrected chi connectivity index (χ4v) is 2.52. The second kappa shape index (κ2) is 6.18. The van der Waals surface area contributed by atoms with Crippen molar-refractivity contribution in [2.24, 2.45) is 0 Å². The molecular weight excluding hydrogens is 291 g/mol. The fourth-order valence-electron chi connectivity index (χ4n) is 1.49. The smallest absolute Gasteiger partial charge is 0.246 e. The summed E-state index contributed by atoms with van der Waals surface area (Å²) in [4.78, 5) is 11.3. The summed E-state index contributed by atoms with van der Waals surface area (Å²) >= 11 is 13.0. The molecule has 2 aromatic rings. The maximum atomic E-state index is 11.3. The van der Waals surface area contributed by atoms with E-state index in [-0.39, 0.29) is 11.8 Å². The quantitative estimate of drug-likeness (QED) is 0.683. The Labute approximate surface area is 119 Å². The number of benzene rings is 1. The summed E-state index contributed by atoms with van der Waals surface area (Å²) in [5.74, 6) is -0.267. The molecule has 94 valence electrons. The van der Waals surface area contributed by atoms with E-state index < -0.39 is 0 Å². The highest BCUT2D eigenvalue weighted by molar-refractivity contribution is 7.13. The number of nitrogens with zero attached hydrogens (tertiary/aromatic N) is 1. The molecule has 6 heteroatoms. The van der Waals surface area contributed by atoms with Gasteiger partial charge in [0.05, 0.1) is 0 Å². The molecule has 0 aliphatic heterocycles. The Morgan fingerprint density at radius 2 is 2.17 bits per heavy atom. The Bertz CT molecular complexity index is 557. The zero-order chi connectivity index (χ0) is 13.0. The molecule has 0 unspecified atom stereocenters. The minimum absolute atomic E-state index is 0.0516. The zero-order valence-corrected chi connectivity index (χ0v) is 11.7. The van der Waals surface area contributed by atoms with Crippen LogP contribution < -0.4 is 9.88 Å². The van der Waals surface area contributed by atoms with Crippen LogP contribution >= 0.6 is 34.5 Å². The number of alkyl halides is 1. The summed E-state index contributed by atoms with van der Waals surface area (Å²) in [5, 5.41) is 6.12. The van der Waals surface area contributed by atoms with Crippen molar-refractivity contribution < 1.29 is 9.36 Å². The summed E-state index contributed by atoms with van der Waals surface area (Å²) in [6.45, 7) is 0.612. The molecule has 0 fully saturated rings. The first-order valence-electron chi connectivity index (χ1n) is 5.27. The van der Waals surface area contributed by atoms with Crippen LogP contribution in [0.15, 0.2) is 35.8 Å². The number of anilines is 1. The van der Waals surface area contributed by atoms with Crippen molar-refractivity contribution in [3.05, 3.63) is 46.4 Å². The molecule has 1 aromatic heterocycles. The van der Waals surface area contributed by atoms with Gasteiger partial charge < -0.3 is 0 Å². The molecule has 1 heterocycles. The van der Waals surface area contributed by atoms with Crippen molar-refractivity contribution in [2.75, 3.05) is 11.2 Å². The van der Waals surface area contributed by atoms with Crippen LogP contribution in [0.25, 0.3) is 0 Å². The van der Waals surface area contributed by atoms with E-state index in [9.17, 15) is 4.79 Å². The Morgan fingerprint density at radius 1 is 1.39 bits per heavy atom. The molecule has 1 aromatic carbocycles. The van der Waals surface area contributed by atoms with Gasteiger partial charge in [-0.2, -0.15) is 5.32 Å². The number of aromatic nitrogens is 1. The summed E-state index contributed by atoms with van der Waals surface area (Å²) in [6.07, 6.45) is 1.90. The lowest BCUT2D eigenvalue weighted by Crippen LogP contribution is -2.36. The topological polar surface area (TPSA) is 33.0 Å². The second-order valence-corrected chi connectivity index (χ2v) is 5.18. The van der Waals surface area contributed by atoms with Crippen molar-refractivity contribution in [2.45, 2.75) is 6.54 Å². The molecular formula is C12H11Cl2N2OS+. The van der Waals surface area contributed by atoms with Crippen LogP contribution in [0.3, 0.4) is 0 Å². The highest BCUT2D eigenvalue weighted by Gasteiger charge is 2.16. The Morgan fingerprint density at radius 3 is 2.89 bits per heavy atom. The van der Waals surface area contributed by atoms with Gasteiger partial charge in [-0.25, -0.2) is 9.36 Å². The van der Waals surface area contributed by atoms with Crippen molar-refractivity contribution in [1.29, 1.82) is 0 Å². The molecule has 1 N–H and O–H groups in total. The molecule has 0 atom stereocenters. The van der Waals surface area contributed by atoms with Crippen LogP contribution in [-0.4, -0.2) is 11.8 Å². The fraction of sp³-hybridized carbons (Fsp3) is 0.167. The Balaban J connectivity index is 2.18. The average molecular weight is 302 g/mol. The third-order valence-corrected chi connectivity index (χ3v) is 3.78. The molecule has 18 heavy (non-hydrogen) atoms. The normalized spacial score (nSPS) is 10.3. The third kappa shape index (κ3) is 3.22. The van der Waals surface area contributed by atoms with Crippen molar-refractivity contribution in [1.82, 2.24) is 0 Å². The van der Waals surface area contributed by atoms with Crippen molar-refractivity contribution in [3.63, 3.8) is 0 Å². The van der Waals surface area contributed by atoms with Gasteiger partial charge in [0.2, 0.25) is 0 Å². The number of halogens is 2. The van der Waals surface area contributed by atoms with Crippen LogP contribution in [-0.2, 0) is 11.3 Å². The van der Waals surface area contributed by atoms with Gasteiger partial charge in [0.15, 0.2) is 0 Å². The summed E-state index contributed by atoms with van der Waals surface area (Å²) in [5.41, 5.74) is 1.00. The monoisotopic (exact) mass is 301 g/mol. The van der Waals surface area contributed by atoms with Gasteiger partial charge in [-0.15, -0.1) is 11.6 Å². The minimum atomic E-state index is -0.216. The number of thiazole rings is 1. The second-order valence-electron chi connectivity index (χ2n) is 3.61. The largest absolute Gasteiger partial charge is 0.341 e. The first-order chi connectivity index (χ1) is 8.70. The molecule has 2 rings (SSSR count). The van der Waals surface area contributed by atoms with Crippen LogP contribution in [0.5, 0.6) is 0 Å². The van der Waals surface area contributed by atoms with Gasteiger partial charge in [-0.3, -0.25) is 0 Å². The summed E-state index contributed by atoms with van der Waals surface area (Å²) in [6, 6.07) is 7.63. The first-order valence-corrected chi connectivity index (χ1v) is 7.06. The molecule has 3 nitrogen and oxygen atoms in total. The summed E-state index contributed by atoms with van der Waals surface area (Å²) < 4.78 is 1.93.